The molecule has 0 bridgehead atoms. The predicted molar refractivity (Wildman–Crippen MR) is 50.9 cm³/mol. The number of hydrogen-bond acceptors (Lipinski definition) is 4. The molecule has 0 aromatic heterocycles. The van der Waals surface area contributed by atoms with Gasteiger partial charge in [-0.25, -0.2) is 5.14 Å². The molecule has 7 heteroatoms. The van der Waals surface area contributed by atoms with E-state index < -0.39 is 10.2 Å². The van der Waals surface area contributed by atoms with Crippen molar-refractivity contribution in [2.45, 2.75) is 12.5 Å². The highest BCUT2D eigenvalue weighted by Gasteiger charge is 2.23. The lowest BCUT2D eigenvalue weighted by molar-refractivity contribution is 0.00561. The molecule has 1 fully saturated rings. The van der Waals surface area contributed by atoms with E-state index in [9.17, 15) is 8.42 Å². The van der Waals surface area contributed by atoms with Crippen molar-refractivity contribution >= 4 is 10.2 Å². The summed E-state index contributed by atoms with van der Waals surface area (Å²) in [6.07, 6.45) is 0.580. The highest BCUT2D eigenvalue weighted by atomic mass is 32.2. The first-order chi connectivity index (χ1) is 6.54. The Labute approximate surface area is 84.1 Å². The van der Waals surface area contributed by atoms with Crippen LogP contribution in [0.4, 0.5) is 0 Å². The van der Waals surface area contributed by atoms with Gasteiger partial charge in [-0.15, -0.1) is 0 Å². The van der Waals surface area contributed by atoms with Gasteiger partial charge in [0.25, 0.3) is 10.2 Å². The first kappa shape index (κ1) is 11.9. The zero-order valence-electron chi connectivity index (χ0n) is 8.18. The number of rotatable bonds is 3. The molecule has 0 unspecified atom stereocenters. The molecule has 1 aliphatic rings. The normalized spacial score (nSPS) is 26.0. The van der Waals surface area contributed by atoms with Gasteiger partial charge in [0.2, 0.25) is 0 Å². The van der Waals surface area contributed by atoms with Crippen LogP contribution < -0.4 is 5.14 Å². The first-order valence-corrected chi connectivity index (χ1v) is 5.93. The molecule has 1 aliphatic heterocycles. The zero-order chi connectivity index (χ0) is 10.6. The molecule has 1 rings (SSSR count). The van der Waals surface area contributed by atoms with Crippen LogP contribution in [0.2, 0.25) is 0 Å². The summed E-state index contributed by atoms with van der Waals surface area (Å²) >= 11 is 0. The van der Waals surface area contributed by atoms with Crippen molar-refractivity contribution in [1.29, 1.82) is 0 Å². The minimum Gasteiger partial charge on any atom is -0.382 e. The maximum absolute atomic E-state index is 11.0. The smallest absolute Gasteiger partial charge is 0.276 e. The Balaban J connectivity index is 2.49. The van der Waals surface area contributed by atoms with Crippen LogP contribution in [-0.4, -0.2) is 52.2 Å². The van der Waals surface area contributed by atoms with Crippen molar-refractivity contribution < 1.29 is 17.9 Å². The van der Waals surface area contributed by atoms with Gasteiger partial charge in [-0.2, -0.15) is 12.7 Å². The average Bonchev–Trinajstić information content (AvgIpc) is 2.29. The quantitative estimate of drug-likeness (QED) is 0.661. The number of hydrogen-bond donors (Lipinski definition) is 1. The van der Waals surface area contributed by atoms with Crippen LogP contribution in [0, 0.1) is 0 Å². The summed E-state index contributed by atoms with van der Waals surface area (Å²) in [5, 5.41) is 5.01. The van der Waals surface area contributed by atoms with Gasteiger partial charge in [-0.3, -0.25) is 0 Å². The summed E-state index contributed by atoms with van der Waals surface area (Å²) in [5.41, 5.74) is 0. The van der Waals surface area contributed by atoms with Crippen molar-refractivity contribution in [3.63, 3.8) is 0 Å². The van der Waals surface area contributed by atoms with E-state index in [1.807, 2.05) is 0 Å². The van der Waals surface area contributed by atoms with E-state index >= 15 is 0 Å². The van der Waals surface area contributed by atoms with Crippen LogP contribution in [-0.2, 0) is 19.7 Å². The average molecular weight is 224 g/mol. The maximum atomic E-state index is 11.0. The molecule has 0 aromatic carbocycles. The molecule has 1 saturated heterocycles. The lowest BCUT2D eigenvalue weighted by atomic mass is 10.3. The van der Waals surface area contributed by atoms with Crippen LogP contribution in [0.1, 0.15) is 6.42 Å². The third-order valence-corrected chi connectivity index (χ3v) is 3.19. The second kappa shape index (κ2) is 5.04. The number of methoxy groups -OCH3 is 1. The van der Waals surface area contributed by atoms with E-state index in [1.54, 1.807) is 7.11 Å². The van der Waals surface area contributed by atoms with Crippen LogP contribution in [0.15, 0.2) is 0 Å². The fraction of sp³-hybridized carbons (Fsp3) is 1.00. The largest absolute Gasteiger partial charge is 0.382 e. The van der Waals surface area contributed by atoms with Crippen LogP contribution in [0.25, 0.3) is 0 Å². The molecular weight excluding hydrogens is 208 g/mol. The van der Waals surface area contributed by atoms with Gasteiger partial charge in [0.05, 0.1) is 19.3 Å². The van der Waals surface area contributed by atoms with E-state index in [0.717, 1.165) is 0 Å². The molecule has 2 N–H and O–H groups in total. The van der Waals surface area contributed by atoms with E-state index in [-0.39, 0.29) is 6.10 Å². The van der Waals surface area contributed by atoms with Crippen LogP contribution in [0.5, 0.6) is 0 Å². The van der Waals surface area contributed by atoms with Crippen LogP contribution >= 0.6 is 0 Å². The topological polar surface area (TPSA) is 81.9 Å². The predicted octanol–water partition coefficient (Wildman–Crippen LogP) is -1.07. The van der Waals surface area contributed by atoms with E-state index in [2.05, 4.69) is 0 Å². The molecule has 1 heterocycles. The third kappa shape index (κ3) is 3.50. The summed E-state index contributed by atoms with van der Waals surface area (Å²) in [4.78, 5) is 0. The molecule has 0 radical (unpaired) electrons. The van der Waals surface area contributed by atoms with Crippen molar-refractivity contribution in [3.05, 3.63) is 0 Å². The number of nitrogens with two attached hydrogens (primary N) is 1. The molecular formula is C7H16N2O4S. The number of ether oxygens (including phenoxy) is 2. The highest BCUT2D eigenvalue weighted by molar-refractivity contribution is 7.86. The summed E-state index contributed by atoms with van der Waals surface area (Å²) in [5.74, 6) is 0. The Kier molecular flexibility index (Phi) is 4.27. The lowest BCUT2D eigenvalue weighted by Gasteiger charge is -2.15. The molecule has 0 amide bonds. The minimum atomic E-state index is -3.58. The summed E-state index contributed by atoms with van der Waals surface area (Å²) in [6.45, 7) is 1.56. The molecule has 1 atom stereocenters. The lowest BCUT2D eigenvalue weighted by Crippen LogP contribution is -2.38. The van der Waals surface area contributed by atoms with Crippen molar-refractivity contribution in [1.82, 2.24) is 4.31 Å². The van der Waals surface area contributed by atoms with Gasteiger partial charge < -0.3 is 9.47 Å². The van der Waals surface area contributed by atoms with Crippen molar-refractivity contribution in [2.75, 3.05) is 33.4 Å². The second-order valence-corrected chi connectivity index (χ2v) is 4.73. The van der Waals surface area contributed by atoms with E-state index in [0.29, 0.717) is 32.7 Å². The Morgan fingerprint density at radius 3 is 2.86 bits per heavy atom. The molecule has 0 aromatic rings. The van der Waals surface area contributed by atoms with Gasteiger partial charge in [0, 0.05) is 20.2 Å². The van der Waals surface area contributed by atoms with E-state index in [4.69, 9.17) is 14.6 Å². The zero-order valence-corrected chi connectivity index (χ0v) is 9.00. The van der Waals surface area contributed by atoms with Crippen molar-refractivity contribution in [3.8, 4) is 0 Å². The Morgan fingerprint density at radius 2 is 2.29 bits per heavy atom. The summed E-state index contributed by atoms with van der Waals surface area (Å²) in [6, 6.07) is 0. The van der Waals surface area contributed by atoms with Gasteiger partial charge >= 0.3 is 0 Å². The summed E-state index contributed by atoms with van der Waals surface area (Å²) < 4.78 is 33.6. The van der Waals surface area contributed by atoms with Gasteiger partial charge in [-0.1, -0.05) is 0 Å². The monoisotopic (exact) mass is 224 g/mol. The highest BCUT2D eigenvalue weighted by Crippen LogP contribution is 2.08. The molecule has 0 spiro atoms. The minimum absolute atomic E-state index is 0.0354. The third-order valence-electron chi connectivity index (χ3n) is 2.11. The fourth-order valence-electron chi connectivity index (χ4n) is 1.38. The SMILES string of the molecule is COC[C@H]1CCN(S(N)(=O)=O)CCO1. The Bertz CT molecular complexity index is 267. The summed E-state index contributed by atoms with van der Waals surface area (Å²) in [7, 11) is -1.99. The maximum Gasteiger partial charge on any atom is 0.276 e. The molecule has 0 saturated carbocycles. The molecule has 84 valence electrons. The van der Waals surface area contributed by atoms with Gasteiger partial charge in [0.1, 0.15) is 0 Å². The first-order valence-electron chi connectivity index (χ1n) is 4.42. The van der Waals surface area contributed by atoms with Crippen molar-refractivity contribution in [2.24, 2.45) is 5.14 Å². The molecule has 14 heavy (non-hydrogen) atoms. The Morgan fingerprint density at radius 1 is 1.57 bits per heavy atom. The van der Waals surface area contributed by atoms with Gasteiger partial charge in [-0.05, 0) is 6.42 Å². The molecule has 0 aliphatic carbocycles. The molecule has 6 nitrogen and oxygen atoms in total. The van der Waals surface area contributed by atoms with Gasteiger partial charge in [0.15, 0.2) is 0 Å². The van der Waals surface area contributed by atoms with E-state index in [1.165, 1.54) is 4.31 Å². The standard InChI is InChI=1S/C7H16N2O4S/c1-12-6-7-2-3-9(4-5-13-7)14(8,10)11/h7H,2-6H2,1H3,(H2,8,10,11)/t7-/m1/s1. The number of nitrogens with zero attached hydrogens (tertiary/aromatic N) is 1. The second-order valence-electron chi connectivity index (χ2n) is 3.18. The van der Waals surface area contributed by atoms with Crippen LogP contribution in [0.3, 0.4) is 0 Å². The fourth-order valence-corrected chi connectivity index (χ4v) is 2.07. The Hall–Kier alpha value is -0.210.